The third-order valence-electron chi connectivity index (χ3n) is 4.09. The van der Waals surface area contributed by atoms with E-state index in [2.05, 4.69) is 22.0 Å². The first-order chi connectivity index (χ1) is 10.1. The van der Waals surface area contributed by atoms with Gasteiger partial charge in [0.15, 0.2) is 5.82 Å². The first-order valence-corrected chi connectivity index (χ1v) is 7.67. The quantitative estimate of drug-likeness (QED) is 0.854. The van der Waals surface area contributed by atoms with E-state index in [1.165, 1.54) is 0 Å². The van der Waals surface area contributed by atoms with Gasteiger partial charge < -0.3 is 15.2 Å². The summed E-state index contributed by atoms with van der Waals surface area (Å²) in [5.41, 5.74) is 5.81. The molecule has 2 N–H and O–H groups in total. The fourth-order valence-electron chi connectivity index (χ4n) is 2.48. The summed E-state index contributed by atoms with van der Waals surface area (Å²) in [6, 6.07) is -0.299. The molecule has 1 saturated heterocycles. The van der Waals surface area contributed by atoms with E-state index in [1.807, 2.05) is 18.7 Å². The summed E-state index contributed by atoms with van der Waals surface area (Å²) in [6.45, 7) is 8.99. The van der Waals surface area contributed by atoms with E-state index < -0.39 is 0 Å². The minimum Gasteiger partial charge on any atom is -0.339 e. The van der Waals surface area contributed by atoms with Crippen molar-refractivity contribution in [1.29, 1.82) is 0 Å². The summed E-state index contributed by atoms with van der Waals surface area (Å²) in [7, 11) is 0. The van der Waals surface area contributed by atoms with Crippen molar-refractivity contribution in [2.45, 2.75) is 45.7 Å². The molecule has 21 heavy (non-hydrogen) atoms. The van der Waals surface area contributed by atoms with E-state index in [9.17, 15) is 4.79 Å². The van der Waals surface area contributed by atoms with Crippen LogP contribution in [0.5, 0.6) is 0 Å². The molecule has 1 aromatic rings. The molecule has 2 atom stereocenters. The van der Waals surface area contributed by atoms with Crippen molar-refractivity contribution in [3.63, 3.8) is 0 Å². The molecule has 1 fully saturated rings. The van der Waals surface area contributed by atoms with Crippen LogP contribution in [-0.2, 0) is 11.2 Å². The summed E-state index contributed by atoms with van der Waals surface area (Å²) in [4.78, 5) is 20.5. The highest BCUT2D eigenvalue weighted by atomic mass is 16.5. The molecule has 7 heteroatoms. The van der Waals surface area contributed by atoms with Gasteiger partial charge in [-0.25, -0.2) is 0 Å². The Labute approximate surface area is 125 Å². The average Bonchev–Trinajstić information content (AvgIpc) is 3.02. The Balaban J connectivity index is 1.90. The molecule has 7 nitrogen and oxygen atoms in total. The van der Waals surface area contributed by atoms with Gasteiger partial charge in [0.25, 0.3) is 0 Å². The molecule has 1 aliphatic heterocycles. The number of nitrogens with two attached hydrogens (primary N) is 1. The lowest BCUT2D eigenvalue weighted by Crippen LogP contribution is -2.53. The van der Waals surface area contributed by atoms with Crippen molar-refractivity contribution >= 4 is 5.91 Å². The molecular formula is C14H25N5O2. The van der Waals surface area contributed by atoms with Gasteiger partial charge in [-0.3, -0.25) is 9.69 Å². The minimum atomic E-state index is -0.378. The summed E-state index contributed by atoms with van der Waals surface area (Å²) in [5, 5.41) is 3.93. The molecule has 0 aliphatic carbocycles. The molecule has 0 spiro atoms. The van der Waals surface area contributed by atoms with E-state index >= 15 is 0 Å². The van der Waals surface area contributed by atoms with E-state index in [0.29, 0.717) is 25.4 Å². The van der Waals surface area contributed by atoms with E-state index in [-0.39, 0.29) is 18.0 Å². The molecule has 0 radical (unpaired) electrons. The van der Waals surface area contributed by atoms with Crippen molar-refractivity contribution in [1.82, 2.24) is 19.9 Å². The molecular weight excluding hydrogens is 270 g/mol. The Morgan fingerprint density at radius 3 is 2.52 bits per heavy atom. The second kappa shape index (κ2) is 7.00. The summed E-state index contributed by atoms with van der Waals surface area (Å²) in [6.07, 6.45) is 1.45. The third-order valence-corrected chi connectivity index (χ3v) is 4.09. The zero-order valence-electron chi connectivity index (χ0n) is 13.1. The number of aryl methyl sites for hydroxylation is 1. The fourth-order valence-corrected chi connectivity index (χ4v) is 2.48. The van der Waals surface area contributed by atoms with Crippen LogP contribution in [0.2, 0.25) is 0 Å². The van der Waals surface area contributed by atoms with Crippen LogP contribution in [-0.4, -0.2) is 58.1 Å². The number of amides is 1. The first-order valence-electron chi connectivity index (χ1n) is 7.67. The summed E-state index contributed by atoms with van der Waals surface area (Å²) in [5.74, 6) is 1.44. The minimum absolute atomic E-state index is 0.0517. The predicted molar refractivity (Wildman–Crippen MR) is 78.5 cm³/mol. The number of rotatable bonds is 5. The Bertz CT molecular complexity index is 468. The van der Waals surface area contributed by atoms with E-state index in [4.69, 9.17) is 10.3 Å². The maximum absolute atomic E-state index is 12.1. The van der Waals surface area contributed by atoms with Gasteiger partial charge in [0.2, 0.25) is 11.8 Å². The zero-order chi connectivity index (χ0) is 15.4. The normalized spacial score (nSPS) is 19.5. The lowest BCUT2D eigenvalue weighted by atomic mass is 10.1. The molecule has 0 aromatic carbocycles. The van der Waals surface area contributed by atoms with Crippen LogP contribution in [0.25, 0.3) is 0 Å². The van der Waals surface area contributed by atoms with Crippen LogP contribution in [0.4, 0.5) is 0 Å². The standard InChI is InChI=1S/C14H25N5O2/c1-4-11(15)14(20)19-8-6-18(7-9-19)10(3)13-16-12(5-2)17-21-13/h10-11H,4-9,15H2,1-3H3/t10?,11-/m0/s1. The molecule has 2 rings (SSSR count). The van der Waals surface area contributed by atoms with Crippen LogP contribution >= 0.6 is 0 Å². The number of hydrogen-bond acceptors (Lipinski definition) is 6. The molecule has 0 bridgehead atoms. The van der Waals surface area contributed by atoms with Gasteiger partial charge >= 0.3 is 0 Å². The predicted octanol–water partition coefficient (Wildman–Crippen LogP) is 0.575. The molecule has 1 unspecified atom stereocenters. The van der Waals surface area contributed by atoms with Crippen LogP contribution in [0.1, 0.15) is 44.9 Å². The maximum Gasteiger partial charge on any atom is 0.243 e. The lowest BCUT2D eigenvalue weighted by molar-refractivity contribution is -0.134. The number of aromatic nitrogens is 2. The van der Waals surface area contributed by atoms with Crippen LogP contribution in [0.3, 0.4) is 0 Å². The van der Waals surface area contributed by atoms with Crippen molar-refractivity contribution in [2.75, 3.05) is 26.2 Å². The Hall–Kier alpha value is -1.47. The molecule has 118 valence electrons. The molecule has 1 amide bonds. The topological polar surface area (TPSA) is 88.5 Å². The number of hydrogen-bond donors (Lipinski definition) is 1. The summed E-state index contributed by atoms with van der Waals surface area (Å²) >= 11 is 0. The summed E-state index contributed by atoms with van der Waals surface area (Å²) < 4.78 is 5.30. The monoisotopic (exact) mass is 295 g/mol. The highest BCUT2D eigenvalue weighted by Crippen LogP contribution is 2.20. The van der Waals surface area contributed by atoms with Gasteiger partial charge in [0.1, 0.15) is 0 Å². The van der Waals surface area contributed by atoms with Gasteiger partial charge in [-0.1, -0.05) is 19.0 Å². The van der Waals surface area contributed by atoms with Gasteiger partial charge in [-0.2, -0.15) is 4.98 Å². The number of carbonyl (C=O) groups excluding carboxylic acids is 1. The van der Waals surface area contributed by atoms with Crippen molar-refractivity contribution in [3.05, 3.63) is 11.7 Å². The molecule has 2 heterocycles. The van der Waals surface area contributed by atoms with Crippen LogP contribution < -0.4 is 5.73 Å². The molecule has 1 aromatic heterocycles. The molecule has 1 aliphatic rings. The Morgan fingerprint density at radius 1 is 1.33 bits per heavy atom. The highest BCUT2D eigenvalue weighted by molar-refractivity contribution is 5.81. The zero-order valence-corrected chi connectivity index (χ0v) is 13.1. The molecule has 0 saturated carbocycles. The number of piperazine rings is 1. The SMILES string of the molecule is CCc1noc(C(C)N2CCN(C(=O)[C@@H](N)CC)CC2)n1. The smallest absolute Gasteiger partial charge is 0.243 e. The number of carbonyl (C=O) groups is 1. The first kappa shape index (κ1) is 15.9. The largest absolute Gasteiger partial charge is 0.339 e. The van der Waals surface area contributed by atoms with Gasteiger partial charge in [-0.05, 0) is 13.3 Å². The second-order valence-electron chi connectivity index (χ2n) is 5.45. The number of nitrogens with zero attached hydrogens (tertiary/aromatic N) is 4. The third kappa shape index (κ3) is 3.59. The van der Waals surface area contributed by atoms with Crippen molar-refractivity contribution in [2.24, 2.45) is 5.73 Å². The van der Waals surface area contributed by atoms with Gasteiger partial charge in [0, 0.05) is 32.6 Å². The van der Waals surface area contributed by atoms with Crippen LogP contribution in [0.15, 0.2) is 4.52 Å². The van der Waals surface area contributed by atoms with Crippen LogP contribution in [0, 0.1) is 0 Å². The average molecular weight is 295 g/mol. The van der Waals surface area contributed by atoms with Crippen molar-refractivity contribution < 1.29 is 9.32 Å². The second-order valence-corrected chi connectivity index (χ2v) is 5.45. The van der Waals surface area contributed by atoms with Gasteiger partial charge in [0.05, 0.1) is 12.1 Å². The highest BCUT2D eigenvalue weighted by Gasteiger charge is 2.28. The van der Waals surface area contributed by atoms with Gasteiger partial charge in [-0.15, -0.1) is 0 Å². The maximum atomic E-state index is 12.1. The lowest BCUT2D eigenvalue weighted by Gasteiger charge is -2.37. The van der Waals surface area contributed by atoms with Crippen molar-refractivity contribution in [3.8, 4) is 0 Å². The van der Waals surface area contributed by atoms with E-state index in [1.54, 1.807) is 0 Å². The fraction of sp³-hybridized carbons (Fsp3) is 0.786. The Kier molecular flexibility index (Phi) is 5.30. The Morgan fingerprint density at radius 2 is 2.00 bits per heavy atom. The van der Waals surface area contributed by atoms with E-state index in [0.717, 1.165) is 25.3 Å².